The Morgan fingerprint density at radius 2 is 1.73 bits per heavy atom. The van der Waals surface area contributed by atoms with Gasteiger partial charge < -0.3 is 20.1 Å². The van der Waals surface area contributed by atoms with E-state index in [2.05, 4.69) is 6.07 Å². The third kappa shape index (κ3) is 3.47. The Bertz CT molecular complexity index is 1080. The van der Waals surface area contributed by atoms with E-state index in [1.54, 1.807) is 0 Å². The van der Waals surface area contributed by atoms with E-state index in [0.29, 0.717) is 19.4 Å². The number of fused-ring (bicyclic) bond motifs is 2. The second kappa shape index (κ2) is 7.75. The molecule has 2 N–H and O–H groups in total. The van der Waals surface area contributed by atoms with Gasteiger partial charge in [0.1, 0.15) is 0 Å². The molecule has 3 aromatic rings. The topological polar surface area (TPSA) is 64.8 Å². The minimum absolute atomic E-state index is 0.0934. The number of amides is 1. The van der Waals surface area contributed by atoms with Crippen molar-refractivity contribution in [3.63, 3.8) is 0 Å². The largest absolute Gasteiger partial charge is 0.454 e. The monoisotopic (exact) mass is 400 g/mol. The molecule has 5 heteroatoms. The molecule has 152 valence electrons. The quantitative estimate of drug-likeness (QED) is 0.675. The molecule has 0 aromatic heterocycles. The fraction of sp³-hybridized carbons (Fsp3) is 0.240. The highest BCUT2D eigenvalue weighted by molar-refractivity contribution is 5.80. The summed E-state index contributed by atoms with van der Waals surface area (Å²) < 4.78 is 11.2. The van der Waals surface area contributed by atoms with Crippen LogP contribution in [0, 0.1) is 0 Å². The van der Waals surface area contributed by atoms with Crippen LogP contribution < -0.4 is 15.2 Å². The summed E-state index contributed by atoms with van der Waals surface area (Å²) in [6, 6.07) is 21.8. The SMILES string of the molecule is Nc1ccccc1CC1c2cc3c(cc2CCN1C(=O)Cc1ccccc1)OCO3. The van der Waals surface area contributed by atoms with E-state index in [0.717, 1.165) is 40.3 Å². The van der Waals surface area contributed by atoms with Gasteiger partial charge in [0.25, 0.3) is 0 Å². The zero-order valence-electron chi connectivity index (χ0n) is 16.7. The van der Waals surface area contributed by atoms with Gasteiger partial charge in [0.15, 0.2) is 11.5 Å². The number of nitrogen functional groups attached to an aromatic ring is 1. The number of carbonyl (C=O) groups excluding carboxylic acids is 1. The van der Waals surface area contributed by atoms with Crippen molar-refractivity contribution in [3.05, 3.63) is 89.0 Å². The van der Waals surface area contributed by atoms with Crippen molar-refractivity contribution in [1.82, 2.24) is 4.90 Å². The van der Waals surface area contributed by atoms with E-state index in [1.165, 1.54) is 5.56 Å². The first-order valence-electron chi connectivity index (χ1n) is 10.3. The third-order valence-electron chi connectivity index (χ3n) is 5.98. The maximum Gasteiger partial charge on any atom is 0.231 e. The summed E-state index contributed by atoms with van der Waals surface area (Å²) in [5, 5.41) is 0. The first-order chi connectivity index (χ1) is 14.7. The number of hydrogen-bond donors (Lipinski definition) is 1. The fourth-order valence-corrected chi connectivity index (χ4v) is 4.41. The van der Waals surface area contributed by atoms with Gasteiger partial charge >= 0.3 is 0 Å². The van der Waals surface area contributed by atoms with Crippen LogP contribution in [0.25, 0.3) is 0 Å². The van der Waals surface area contributed by atoms with Gasteiger partial charge in [-0.1, -0.05) is 48.5 Å². The van der Waals surface area contributed by atoms with Crippen LogP contribution in [0.5, 0.6) is 11.5 Å². The molecule has 5 rings (SSSR count). The van der Waals surface area contributed by atoms with Crippen LogP contribution >= 0.6 is 0 Å². The molecule has 1 unspecified atom stereocenters. The van der Waals surface area contributed by atoms with Crippen molar-refractivity contribution in [2.75, 3.05) is 19.1 Å². The van der Waals surface area contributed by atoms with Gasteiger partial charge in [0.2, 0.25) is 12.7 Å². The molecule has 2 aliphatic rings. The van der Waals surface area contributed by atoms with Crippen LogP contribution in [0.1, 0.15) is 28.3 Å². The maximum atomic E-state index is 13.3. The first kappa shape index (κ1) is 18.6. The van der Waals surface area contributed by atoms with Crippen molar-refractivity contribution < 1.29 is 14.3 Å². The second-order valence-corrected chi connectivity index (χ2v) is 7.82. The van der Waals surface area contributed by atoms with Gasteiger partial charge in [-0.25, -0.2) is 0 Å². The smallest absolute Gasteiger partial charge is 0.231 e. The van der Waals surface area contributed by atoms with Crippen molar-refractivity contribution in [2.45, 2.75) is 25.3 Å². The lowest BCUT2D eigenvalue weighted by Crippen LogP contribution is -2.41. The summed E-state index contributed by atoms with van der Waals surface area (Å²) in [5.74, 6) is 1.66. The summed E-state index contributed by atoms with van der Waals surface area (Å²) in [6.45, 7) is 0.918. The lowest BCUT2D eigenvalue weighted by Gasteiger charge is -2.38. The van der Waals surface area contributed by atoms with Crippen molar-refractivity contribution in [2.24, 2.45) is 0 Å². The Morgan fingerprint density at radius 3 is 2.53 bits per heavy atom. The molecule has 0 saturated heterocycles. The van der Waals surface area contributed by atoms with Crippen molar-refractivity contribution in [1.29, 1.82) is 0 Å². The van der Waals surface area contributed by atoms with Gasteiger partial charge in [-0.3, -0.25) is 4.79 Å². The molecular weight excluding hydrogens is 376 g/mol. The highest BCUT2D eigenvalue weighted by Crippen LogP contribution is 2.42. The lowest BCUT2D eigenvalue weighted by atomic mass is 9.87. The first-order valence-corrected chi connectivity index (χ1v) is 10.3. The van der Waals surface area contributed by atoms with Crippen LogP contribution in [0.4, 0.5) is 5.69 Å². The van der Waals surface area contributed by atoms with E-state index < -0.39 is 0 Å². The molecule has 0 saturated carbocycles. The summed E-state index contributed by atoms with van der Waals surface area (Å²) in [6.07, 6.45) is 1.86. The highest BCUT2D eigenvalue weighted by atomic mass is 16.7. The van der Waals surface area contributed by atoms with Crippen LogP contribution in [0.15, 0.2) is 66.7 Å². The number of nitrogens with zero attached hydrogens (tertiary/aromatic N) is 1. The predicted octanol–water partition coefficient (Wildman–Crippen LogP) is 3.91. The summed E-state index contributed by atoms with van der Waals surface area (Å²) in [7, 11) is 0. The van der Waals surface area contributed by atoms with E-state index in [4.69, 9.17) is 15.2 Å². The van der Waals surface area contributed by atoms with Gasteiger partial charge in [-0.05, 0) is 53.3 Å². The van der Waals surface area contributed by atoms with E-state index in [1.807, 2.05) is 65.6 Å². The Morgan fingerprint density at radius 1 is 1.00 bits per heavy atom. The molecule has 2 aliphatic heterocycles. The molecule has 0 fully saturated rings. The Hall–Kier alpha value is -3.47. The lowest BCUT2D eigenvalue weighted by molar-refractivity contribution is -0.133. The predicted molar refractivity (Wildman–Crippen MR) is 115 cm³/mol. The number of nitrogens with two attached hydrogens (primary N) is 1. The Balaban J connectivity index is 1.51. The summed E-state index contributed by atoms with van der Waals surface area (Å²) in [5.41, 5.74) is 11.4. The molecule has 0 bridgehead atoms. The average molecular weight is 400 g/mol. The number of anilines is 1. The van der Waals surface area contributed by atoms with E-state index in [9.17, 15) is 4.79 Å². The highest BCUT2D eigenvalue weighted by Gasteiger charge is 2.33. The number of benzene rings is 3. The molecule has 1 amide bonds. The number of rotatable bonds is 4. The fourth-order valence-electron chi connectivity index (χ4n) is 4.41. The third-order valence-corrected chi connectivity index (χ3v) is 5.98. The standard InChI is InChI=1S/C25H24N2O3/c26-21-9-5-4-8-19(21)13-22-20-15-24-23(29-16-30-24)14-18(20)10-11-27(22)25(28)12-17-6-2-1-3-7-17/h1-9,14-15,22H,10-13,16,26H2. The Kier molecular flexibility index (Phi) is 4.79. The average Bonchev–Trinajstić information content (AvgIpc) is 3.22. The zero-order valence-corrected chi connectivity index (χ0v) is 16.7. The molecule has 2 heterocycles. The maximum absolute atomic E-state index is 13.3. The van der Waals surface area contributed by atoms with E-state index in [-0.39, 0.29) is 18.7 Å². The molecule has 30 heavy (non-hydrogen) atoms. The minimum atomic E-state index is -0.0934. The van der Waals surface area contributed by atoms with Crippen molar-refractivity contribution in [3.8, 4) is 11.5 Å². The van der Waals surface area contributed by atoms with Crippen LogP contribution in [-0.2, 0) is 24.1 Å². The second-order valence-electron chi connectivity index (χ2n) is 7.82. The van der Waals surface area contributed by atoms with Gasteiger partial charge in [0.05, 0.1) is 12.5 Å². The van der Waals surface area contributed by atoms with Gasteiger partial charge in [0, 0.05) is 12.2 Å². The molecule has 3 aromatic carbocycles. The van der Waals surface area contributed by atoms with Crippen LogP contribution in [-0.4, -0.2) is 24.1 Å². The molecule has 1 atom stereocenters. The molecule has 5 nitrogen and oxygen atoms in total. The number of carbonyl (C=O) groups is 1. The normalized spacial score (nSPS) is 16.9. The molecule has 0 spiro atoms. The van der Waals surface area contributed by atoms with E-state index >= 15 is 0 Å². The van der Waals surface area contributed by atoms with Crippen LogP contribution in [0.3, 0.4) is 0 Å². The minimum Gasteiger partial charge on any atom is -0.454 e. The van der Waals surface area contributed by atoms with Crippen LogP contribution in [0.2, 0.25) is 0 Å². The van der Waals surface area contributed by atoms with Gasteiger partial charge in [-0.2, -0.15) is 0 Å². The number of hydrogen-bond acceptors (Lipinski definition) is 4. The summed E-state index contributed by atoms with van der Waals surface area (Å²) in [4.78, 5) is 15.3. The Labute approximate surface area is 176 Å². The summed E-state index contributed by atoms with van der Waals surface area (Å²) >= 11 is 0. The van der Waals surface area contributed by atoms with Gasteiger partial charge in [-0.15, -0.1) is 0 Å². The zero-order chi connectivity index (χ0) is 20.5. The molecule has 0 aliphatic carbocycles. The number of para-hydroxylation sites is 1. The molecular formula is C25H24N2O3. The molecule has 0 radical (unpaired) electrons. The number of ether oxygens (including phenoxy) is 2. The van der Waals surface area contributed by atoms with Crippen molar-refractivity contribution >= 4 is 11.6 Å².